The number of nitrogens with zero attached hydrogens (tertiary/aromatic N) is 1. The SMILES string of the molecule is CC1(C)CC1N1CCCC(N)C1=O. The minimum atomic E-state index is -0.231. The number of carbonyl (C=O) groups is 1. The fourth-order valence-electron chi connectivity index (χ4n) is 2.21. The molecule has 1 heterocycles. The summed E-state index contributed by atoms with van der Waals surface area (Å²) in [5.41, 5.74) is 6.07. The molecule has 2 fully saturated rings. The Morgan fingerprint density at radius 3 is 2.69 bits per heavy atom. The molecule has 3 nitrogen and oxygen atoms in total. The van der Waals surface area contributed by atoms with Gasteiger partial charge in [-0.2, -0.15) is 0 Å². The Morgan fingerprint density at radius 1 is 1.54 bits per heavy atom. The van der Waals surface area contributed by atoms with Gasteiger partial charge in [-0.1, -0.05) is 13.8 Å². The molecular weight excluding hydrogens is 164 g/mol. The van der Waals surface area contributed by atoms with Crippen molar-refractivity contribution in [3.63, 3.8) is 0 Å². The second-order valence-corrected chi connectivity index (χ2v) is 4.99. The van der Waals surface area contributed by atoms with Gasteiger partial charge in [0.05, 0.1) is 6.04 Å². The lowest BCUT2D eigenvalue weighted by Gasteiger charge is -2.31. The maximum Gasteiger partial charge on any atom is 0.239 e. The van der Waals surface area contributed by atoms with Gasteiger partial charge in [0.2, 0.25) is 5.91 Å². The highest BCUT2D eigenvalue weighted by atomic mass is 16.2. The van der Waals surface area contributed by atoms with Crippen molar-refractivity contribution in [1.29, 1.82) is 0 Å². The van der Waals surface area contributed by atoms with E-state index in [0.29, 0.717) is 11.5 Å². The number of piperidine rings is 1. The van der Waals surface area contributed by atoms with Gasteiger partial charge in [0.25, 0.3) is 0 Å². The third-order valence-electron chi connectivity index (χ3n) is 3.35. The van der Waals surface area contributed by atoms with E-state index in [1.165, 1.54) is 0 Å². The first-order valence-electron chi connectivity index (χ1n) is 5.08. The van der Waals surface area contributed by atoms with Crippen molar-refractivity contribution >= 4 is 5.91 Å². The highest BCUT2D eigenvalue weighted by Crippen LogP contribution is 2.49. The van der Waals surface area contributed by atoms with E-state index >= 15 is 0 Å². The van der Waals surface area contributed by atoms with Crippen LogP contribution in [-0.4, -0.2) is 29.4 Å². The van der Waals surface area contributed by atoms with E-state index in [-0.39, 0.29) is 11.9 Å². The van der Waals surface area contributed by atoms with Gasteiger partial charge in [0, 0.05) is 12.6 Å². The fourth-order valence-corrected chi connectivity index (χ4v) is 2.21. The topological polar surface area (TPSA) is 46.3 Å². The lowest BCUT2D eigenvalue weighted by molar-refractivity contribution is -0.136. The zero-order valence-electron chi connectivity index (χ0n) is 8.42. The molecule has 2 unspecified atom stereocenters. The molecule has 3 heteroatoms. The van der Waals surface area contributed by atoms with Crippen LogP contribution in [0.25, 0.3) is 0 Å². The van der Waals surface area contributed by atoms with Crippen LogP contribution in [0.1, 0.15) is 33.1 Å². The summed E-state index contributed by atoms with van der Waals surface area (Å²) in [4.78, 5) is 13.7. The zero-order chi connectivity index (χ0) is 9.64. The van der Waals surface area contributed by atoms with E-state index in [0.717, 1.165) is 25.8 Å². The van der Waals surface area contributed by atoms with Crippen molar-refractivity contribution in [2.45, 2.75) is 45.2 Å². The molecule has 2 aliphatic rings. The number of hydrogen-bond donors (Lipinski definition) is 1. The first kappa shape index (κ1) is 9.00. The minimum Gasteiger partial charge on any atom is -0.338 e. The van der Waals surface area contributed by atoms with E-state index in [1.54, 1.807) is 0 Å². The lowest BCUT2D eigenvalue weighted by Crippen LogP contribution is -2.50. The minimum absolute atomic E-state index is 0.168. The highest BCUT2D eigenvalue weighted by molar-refractivity contribution is 5.83. The molecule has 74 valence electrons. The molecule has 0 aromatic rings. The molecule has 0 radical (unpaired) electrons. The summed E-state index contributed by atoms with van der Waals surface area (Å²) >= 11 is 0. The van der Waals surface area contributed by atoms with Crippen molar-refractivity contribution in [2.75, 3.05) is 6.54 Å². The number of rotatable bonds is 1. The van der Waals surface area contributed by atoms with Crippen molar-refractivity contribution in [1.82, 2.24) is 4.90 Å². The van der Waals surface area contributed by atoms with Crippen molar-refractivity contribution in [2.24, 2.45) is 11.1 Å². The lowest BCUT2D eigenvalue weighted by atomic mass is 10.0. The average Bonchev–Trinajstić information content (AvgIpc) is 2.66. The zero-order valence-corrected chi connectivity index (χ0v) is 8.42. The van der Waals surface area contributed by atoms with Gasteiger partial charge in [-0.3, -0.25) is 4.79 Å². The van der Waals surface area contributed by atoms with Gasteiger partial charge >= 0.3 is 0 Å². The largest absolute Gasteiger partial charge is 0.338 e. The molecule has 1 aliphatic carbocycles. The smallest absolute Gasteiger partial charge is 0.239 e. The van der Waals surface area contributed by atoms with Crippen LogP contribution >= 0.6 is 0 Å². The van der Waals surface area contributed by atoms with E-state index in [4.69, 9.17) is 5.73 Å². The van der Waals surface area contributed by atoms with Crippen LogP contribution < -0.4 is 5.73 Å². The summed E-state index contributed by atoms with van der Waals surface area (Å²) in [6, 6.07) is 0.233. The van der Waals surface area contributed by atoms with Crippen molar-refractivity contribution in [3.8, 4) is 0 Å². The summed E-state index contributed by atoms with van der Waals surface area (Å²) in [7, 11) is 0. The first-order chi connectivity index (χ1) is 6.02. The molecule has 2 atom stereocenters. The molecule has 0 aromatic carbocycles. The normalized spacial score (nSPS) is 37.8. The van der Waals surface area contributed by atoms with E-state index < -0.39 is 0 Å². The molecule has 0 aromatic heterocycles. The van der Waals surface area contributed by atoms with Gasteiger partial charge in [-0.05, 0) is 24.7 Å². The summed E-state index contributed by atoms with van der Waals surface area (Å²) < 4.78 is 0. The van der Waals surface area contributed by atoms with Crippen LogP contribution in [0.15, 0.2) is 0 Å². The molecule has 1 amide bonds. The third-order valence-corrected chi connectivity index (χ3v) is 3.35. The number of hydrogen-bond acceptors (Lipinski definition) is 2. The molecule has 1 aliphatic heterocycles. The van der Waals surface area contributed by atoms with Crippen LogP contribution in [0.4, 0.5) is 0 Å². The van der Waals surface area contributed by atoms with Gasteiger partial charge in [0.1, 0.15) is 0 Å². The Morgan fingerprint density at radius 2 is 2.15 bits per heavy atom. The standard InChI is InChI=1S/C10H18N2O/c1-10(2)6-8(10)12-5-3-4-7(11)9(12)13/h7-8H,3-6,11H2,1-2H3. The van der Waals surface area contributed by atoms with Gasteiger partial charge in [-0.15, -0.1) is 0 Å². The first-order valence-corrected chi connectivity index (χ1v) is 5.08. The summed E-state index contributed by atoms with van der Waals surface area (Å²) in [6.45, 7) is 5.34. The van der Waals surface area contributed by atoms with Crippen LogP contribution in [0.2, 0.25) is 0 Å². The van der Waals surface area contributed by atoms with E-state index in [9.17, 15) is 4.79 Å². The Balaban J connectivity index is 2.03. The van der Waals surface area contributed by atoms with Gasteiger partial charge in [0.15, 0.2) is 0 Å². The molecule has 0 bridgehead atoms. The molecule has 13 heavy (non-hydrogen) atoms. The summed E-state index contributed by atoms with van der Waals surface area (Å²) in [5.74, 6) is 0.168. The highest BCUT2D eigenvalue weighted by Gasteiger charge is 2.51. The second-order valence-electron chi connectivity index (χ2n) is 4.99. The average molecular weight is 182 g/mol. The van der Waals surface area contributed by atoms with Crippen LogP contribution in [-0.2, 0) is 4.79 Å². The molecule has 1 saturated carbocycles. The summed E-state index contributed by atoms with van der Waals surface area (Å²) in [5, 5.41) is 0. The number of carbonyl (C=O) groups excluding carboxylic acids is 1. The van der Waals surface area contributed by atoms with E-state index in [1.807, 2.05) is 4.90 Å². The molecule has 2 N–H and O–H groups in total. The quantitative estimate of drug-likeness (QED) is 0.650. The Hall–Kier alpha value is -0.570. The second kappa shape index (κ2) is 2.71. The molecule has 0 spiro atoms. The number of amides is 1. The Labute approximate surface area is 79.3 Å². The molecule has 2 rings (SSSR count). The number of likely N-dealkylation sites (tertiary alicyclic amines) is 1. The fraction of sp³-hybridized carbons (Fsp3) is 0.900. The van der Waals surface area contributed by atoms with Crippen molar-refractivity contribution in [3.05, 3.63) is 0 Å². The molecule has 1 saturated heterocycles. The van der Waals surface area contributed by atoms with Crippen molar-refractivity contribution < 1.29 is 4.79 Å². The predicted octanol–water partition coefficient (Wildman–Crippen LogP) is 0.735. The Kier molecular flexibility index (Phi) is 1.88. The maximum absolute atomic E-state index is 11.7. The molecular formula is C10H18N2O. The monoisotopic (exact) mass is 182 g/mol. The van der Waals surface area contributed by atoms with Gasteiger partial charge in [-0.25, -0.2) is 0 Å². The Bertz CT molecular complexity index is 237. The maximum atomic E-state index is 11.7. The third kappa shape index (κ3) is 1.46. The summed E-state index contributed by atoms with van der Waals surface area (Å²) in [6.07, 6.45) is 3.08. The van der Waals surface area contributed by atoms with Crippen LogP contribution in [0.5, 0.6) is 0 Å². The van der Waals surface area contributed by atoms with Crippen LogP contribution in [0.3, 0.4) is 0 Å². The van der Waals surface area contributed by atoms with E-state index in [2.05, 4.69) is 13.8 Å². The van der Waals surface area contributed by atoms with Crippen LogP contribution in [0, 0.1) is 5.41 Å². The number of nitrogens with two attached hydrogens (primary N) is 1. The predicted molar refractivity (Wildman–Crippen MR) is 51.1 cm³/mol. The van der Waals surface area contributed by atoms with Gasteiger partial charge < -0.3 is 10.6 Å².